The molecule has 2 saturated heterocycles. The van der Waals surface area contributed by atoms with Crippen molar-refractivity contribution in [3.63, 3.8) is 0 Å². The second kappa shape index (κ2) is 9.00. The van der Waals surface area contributed by atoms with E-state index in [1.807, 2.05) is 0 Å². The van der Waals surface area contributed by atoms with E-state index >= 15 is 4.39 Å². The van der Waals surface area contributed by atoms with E-state index in [4.69, 9.17) is 0 Å². The topological polar surface area (TPSA) is 6.48 Å². The Morgan fingerprint density at radius 3 is 1.57 bits per heavy atom. The molecule has 0 aromatic heterocycles. The van der Waals surface area contributed by atoms with Crippen LogP contribution in [0.15, 0.2) is 0 Å². The number of hydrogen-bond acceptors (Lipinski definition) is 2. The summed E-state index contributed by atoms with van der Waals surface area (Å²) in [7, 11) is 0. The van der Waals surface area contributed by atoms with Gasteiger partial charge in [0, 0.05) is 24.2 Å². The van der Waals surface area contributed by atoms with E-state index in [2.05, 4.69) is 79.0 Å². The van der Waals surface area contributed by atoms with Crippen LogP contribution in [-0.2, 0) is 0 Å². The van der Waals surface area contributed by atoms with E-state index in [0.717, 1.165) is 31.8 Å². The van der Waals surface area contributed by atoms with Gasteiger partial charge in [-0.2, -0.15) is 0 Å². The molecule has 0 N–H and O–H groups in total. The standard InChI is InChI=1S/C27H53FN2/c1-23(2,3)29-17-11-22(12-18-29)26(9,10)14-13-25(7,8)21-27(28)15-19-30(20-16-27)24(4,5)6/h22H,11-21H2,1-10H3. The highest BCUT2D eigenvalue weighted by atomic mass is 19.1. The molecule has 0 atom stereocenters. The summed E-state index contributed by atoms with van der Waals surface area (Å²) >= 11 is 0. The van der Waals surface area contributed by atoms with Gasteiger partial charge in [0.25, 0.3) is 0 Å². The summed E-state index contributed by atoms with van der Waals surface area (Å²) in [6.45, 7) is 27.5. The maximum Gasteiger partial charge on any atom is 0.114 e. The molecule has 0 amide bonds. The lowest BCUT2D eigenvalue weighted by atomic mass is 9.66. The maximum atomic E-state index is 15.7. The van der Waals surface area contributed by atoms with Gasteiger partial charge >= 0.3 is 0 Å². The van der Waals surface area contributed by atoms with Gasteiger partial charge in [0.15, 0.2) is 0 Å². The number of halogens is 1. The molecule has 178 valence electrons. The van der Waals surface area contributed by atoms with Gasteiger partial charge < -0.3 is 0 Å². The Balaban J connectivity index is 1.85. The molecule has 2 aliphatic rings. The molecule has 2 aliphatic heterocycles. The maximum absolute atomic E-state index is 15.7. The molecule has 2 fully saturated rings. The molecule has 0 unspecified atom stereocenters. The third kappa shape index (κ3) is 7.19. The first-order chi connectivity index (χ1) is 13.4. The van der Waals surface area contributed by atoms with Crippen molar-refractivity contribution in [1.29, 1.82) is 0 Å². The minimum Gasteiger partial charge on any atom is -0.298 e. The van der Waals surface area contributed by atoms with Crippen LogP contribution in [0, 0.1) is 16.7 Å². The monoisotopic (exact) mass is 424 g/mol. The number of nitrogens with zero attached hydrogens (tertiary/aromatic N) is 2. The minimum atomic E-state index is -0.979. The van der Waals surface area contributed by atoms with E-state index in [0.29, 0.717) is 18.3 Å². The van der Waals surface area contributed by atoms with Gasteiger partial charge in [-0.25, -0.2) is 4.39 Å². The average molecular weight is 425 g/mol. The molecule has 30 heavy (non-hydrogen) atoms. The van der Waals surface area contributed by atoms with Crippen molar-refractivity contribution < 1.29 is 4.39 Å². The fraction of sp³-hybridized carbons (Fsp3) is 1.00. The lowest BCUT2D eigenvalue weighted by Crippen LogP contribution is -2.51. The molecule has 2 rings (SSSR count). The van der Waals surface area contributed by atoms with Crippen LogP contribution in [-0.4, -0.2) is 52.7 Å². The Labute approximate surface area is 188 Å². The van der Waals surface area contributed by atoms with Crippen molar-refractivity contribution in [1.82, 2.24) is 9.80 Å². The zero-order valence-electron chi connectivity index (χ0n) is 22.1. The quantitative estimate of drug-likeness (QED) is 0.440. The molecular weight excluding hydrogens is 371 g/mol. The summed E-state index contributed by atoms with van der Waals surface area (Å²) in [5.41, 5.74) is -0.117. The fourth-order valence-electron chi connectivity index (χ4n) is 5.90. The van der Waals surface area contributed by atoms with Crippen LogP contribution in [0.1, 0.15) is 114 Å². The molecule has 0 spiro atoms. The molecule has 0 aromatic carbocycles. The SMILES string of the molecule is CC(C)(CCC(C)(C)C1CCN(C(C)(C)C)CC1)CC1(F)CCN(C(C)(C)C)CC1. The molecule has 2 nitrogen and oxygen atoms in total. The summed E-state index contributed by atoms with van der Waals surface area (Å²) in [5, 5.41) is 0. The second-order valence-corrected chi connectivity index (χ2v) is 14.1. The summed E-state index contributed by atoms with van der Waals surface area (Å²) < 4.78 is 15.7. The van der Waals surface area contributed by atoms with Crippen molar-refractivity contribution in [3.8, 4) is 0 Å². The Hall–Kier alpha value is -0.150. The summed E-state index contributed by atoms with van der Waals surface area (Å²) in [5.74, 6) is 0.793. The van der Waals surface area contributed by atoms with Crippen molar-refractivity contribution in [2.24, 2.45) is 16.7 Å². The fourth-order valence-corrected chi connectivity index (χ4v) is 5.90. The van der Waals surface area contributed by atoms with Crippen LogP contribution in [0.4, 0.5) is 4.39 Å². The van der Waals surface area contributed by atoms with Gasteiger partial charge in [0.05, 0.1) is 0 Å². The minimum absolute atomic E-state index is 0.0715. The zero-order chi connectivity index (χ0) is 23.0. The zero-order valence-corrected chi connectivity index (χ0v) is 22.1. The Morgan fingerprint density at radius 1 is 0.700 bits per heavy atom. The largest absolute Gasteiger partial charge is 0.298 e. The Morgan fingerprint density at radius 2 is 1.13 bits per heavy atom. The van der Waals surface area contributed by atoms with E-state index in [9.17, 15) is 0 Å². The normalized spacial score (nSPS) is 23.7. The first-order valence-corrected chi connectivity index (χ1v) is 12.6. The van der Waals surface area contributed by atoms with E-state index in [1.165, 1.54) is 32.4 Å². The molecule has 0 bridgehead atoms. The number of rotatable bonds is 6. The van der Waals surface area contributed by atoms with Crippen LogP contribution in [0.5, 0.6) is 0 Å². The van der Waals surface area contributed by atoms with Crippen molar-refractivity contribution in [2.45, 2.75) is 131 Å². The number of piperidine rings is 2. The lowest BCUT2D eigenvalue weighted by molar-refractivity contribution is -0.0139. The first-order valence-electron chi connectivity index (χ1n) is 12.6. The molecule has 3 heteroatoms. The van der Waals surface area contributed by atoms with Crippen molar-refractivity contribution >= 4 is 0 Å². The molecule has 0 aromatic rings. The van der Waals surface area contributed by atoms with Gasteiger partial charge in [-0.15, -0.1) is 0 Å². The van der Waals surface area contributed by atoms with E-state index < -0.39 is 5.67 Å². The average Bonchev–Trinajstić information content (AvgIpc) is 2.58. The number of alkyl halides is 1. The number of likely N-dealkylation sites (tertiary alicyclic amines) is 2. The molecular formula is C27H53FN2. The third-order valence-corrected chi connectivity index (χ3v) is 8.40. The predicted octanol–water partition coefficient (Wildman–Crippen LogP) is 7.32. The number of hydrogen-bond donors (Lipinski definition) is 0. The van der Waals surface area contributed by atoms with Crippen LogP contribution in [0.2, 0.25) is 0 Å². The van der Waals surface area contributed by atoms with E-state index in [-0.39, 0.29) is 16.5 Å². The van der Waals surface area contributed by atoms with E-state index in [1.54, 1.807) is 0 Å². The van der Waals surface area contributed by atoms with Gasteiger partial charge in [0.1, 0.15) is 5.67 Å². The molecule has 0 saturated carbocycles. The summed E-state index contributed by atoms with van der Waals surface area (Å²) in [4.78, 5) is 5.09. The van der Waals surface area contributed by atoms with Crippen molar-refractivity contribution in [2.75, 3.05) is 26.2 Å². The highest BCUT2D eigenvalue weighted by molar-refractivity contribution is 4.95. The summed E-state index contributed by atoms with van der Waals surface area (Å²) in [6, 6.07) is 0. The molecule has 0 radical (unpaired) electrons. The second-order valence-electron chi connectivity index (χ2n) is 14.1. The van der Waals surface area contributed by atoms with Gasteiger partial charge in [-0.1, -0.05) is 27.7 Å². The smallest absolute Gasteiger partial charge is 0.114 e. The Kier molecular flexibility index (Phi) is 7.84. The highest BCUT2D eigenvalue weighted by Gasteiger charge is 2.42. The summed E-state index contributed by atoms with van der Waals surface area (Å²) in [6.07, 6.45) is 7.07. The first kappa shape index (κ1) is 26.1. The Bertz CT molecular complexity index is 536. The van der Waals surface area contributed by atoms with Gasteiger partial charge in [-0.05, 0) is 116 Å². The molecule has 0 aliphatic carbocycles. The van der Waals surface area contributed by atoms with Crippen LogP contribution in [0.25, 0.3) is 0 Å². The lowest BCUT2D eigenvalue weighted by Gasteiger charge is -2.47. The van der Waals surface area contributed by atoms with Crippen LogP contribution in [0.3, 0.4) is 0 Å². The van der Waals surface area contributed by atoms with Gasteiger partial charge in [-0.3, -0.25) is 9.80 Å². The highest BCUT2D eigenvalue weighted by Crippen LogP contribution is 2.46. The van der Waals surface area contributed by atoms with Crippen LogP contribution < -0.4 is 0 Å². The van der Waals surface area contributed by atoms with Crippen LogP contribution >= 0.6 is 0 Å². The third-order valence-electron chi connectivity index (χ3n) is 8.40. The van der Waals surface area contributed by atoms with Crippen molar-refractivity contribution in [3.05, 3.63) is 0 Å². The predicted molar refractivity (Wildman–Crippen MR) is 130 cm³/mol. The van der Waals surface area contributed by atoms with Gasteiger partial charge in [0.2, 0.25) is 0 Å². The molecule has 2 heterocycles.